The third-order valence-corrected chi connectivity index (χ3v) is 3.87. The van der Waals surface area contributed by atoms with Gasteiger partial charge in [0.05, 0.1) is 25.2 Å². The molecule has 0 radical (unpaired) electrons. The molecule has 3 rings (SSSR count). The van der Waals surface area contributed by atoms with Crippen molar-refractivity contribution < 1.29 is 14.6 Å². The van der Waals surface area contributed by atoms with E-state index in [1.807, 2.05) is 30.3 Å². The average Bonchev–Trinajstić information content (AvgIpc) is 2.53. The topological polar surface area (TPSA) is 62.7 Å². The van der Waals surface area contributed by atoms with Crippen LogP contribution in [0.4, 0.5) is 0 Å². The number of aliphatic carboxylic acids is 1. The molecule has 1 N–H and O–H groups in total. The highest BCUT2D eigenvalue weighted by atomic mass is 16.5. The fourth-order valence-electron chi connectivity index (χ4n) is 2.81. The van der Waals surface area contributed by atoms with Gasteiger partial charge in [-0.1, -0.05) is 12.1 Å². The quantitative estimate of drug-likeness (QED) is 0.932. The van der Waals surface area contributed by atoms with Crippen molar-refractivity contribution in [2.24, 2.45) is 0 Å². The second kappa shape index (κ2) is 6.20. The largest absolute Gasteiger partial charge is 0.481 e. The Hall–Kier alpha value is -1.98. The second-order valence-corrected chi connectivity index (χ2v) is 5.22. The van der Waals surface area contributed by atoms with E-state index in [4.69, 9.17) is 4.74 Å². The standard InChI is InChI=1S/C16H18N2O3/c19-16(20)11-15(18-6-8-21-9-7-18)13-3-4-14-12(10-13)2-1-5-17-14/h1-5,10,15H,6-9,11H2,(H,19,20). The first-order chi connectivity index (χ1) is 10.2. The normalized spacial score (nSPS) is 17.7. The first-order valence-electron chi connectivity index (χ1n) is 7.12. The number of pyridine rings is 1. The summed E-state index contributed by atoms with van der Waals surface area (Å²) in [5.74, 6) is -0.780. The van der Waals surface area contributed by atoms with Crippen molar-refractivity contribution in [1.29, 1.82) is 0 Å². The highest BCUT2D eigenvalue weighted by Crippen LogP contribution is 2.27. The maximum Gasteiger partial charge on any atom is 0.305 e. The van der Waals surface area contributed by atoms with Crippen LogP contribution in [-0.2, 0) is 9.53 Å². The molecular formula is C16H18N2O3. The van der Waals surface area contributed by atoms with E-state index < -0.39 is 5.97 Å². The molecule has 1 atom stereocenters. The lowest BCUT2D eigenvalue weighted by atomic mass is 9.99. The third kappa shape index (κ3) is 3.20. The minimum atomic E-state index is -0.780. The molecule has 1 aliphatic heterocycles. The Morgan fingerprint density at radius 3 is 2.90 bits per heavy atom. The smallest absolute Gasteiger partial charge is 0.305 e. The lowest BCUT2D eigenvalue weighted by molar-refractivity contribution is -0.139. The molecule has 5 heteroatoms. The highest BCUT2D eigenvalue weighted by Gasteiger charge is 2.25. The summed E-state index contributed by atoms with van der Waals surface area (Å²) in [5.41, 5.74) is 1.96. The van der Waals surface area contributed by atoms with Gasteiger partial charge in [-0.3, -0.25) is 14.7 Å². The lowest BCUT2D eigenvalue weighted by Gasteiger charge is -2.34. The van der Waals surface area contributed by atoms with Crippen molar-refractivity contribution in [1.82, 2.24) is 9.88 Å². The van der Waals surface area contributed by atoms with Crippen LogP contribution in [0.1, 0.15) is 18.0 Å². The van der Waals surface area contributed by atoms with Crippen LogP contribution in [0.25, 0.3) is 10.9 Å². The molecule has 21 heavy (non-hydrogen) atoms. The van der Waals surface area contributed by atoms with E-state index in [-0.39, 0.29) is 12.5 Å². The number of carboxylic acid groups (broad SMARTS) is 1. The average molecular weight is 286 g/mol. The van der Waals surface area contributed by atoms with E-state index in [1.54, 1.807) is 6.20 Å². The molecule has 0 bridgehead atoms. The predicted octanol–water partition coefficient (Wildman–Crippen LogP) is 2.08. The number of fused-ring (bicyclic) bond motifs is 1. The van der Waals surface area contributed by atoms with Gasteiger partial charge in [0.1, 0.15) is 0 Å². The van der Waals surface area contributed by atoms with E-state index in [0.29, 0.717) is 13.2 Å². The van der Waals surface area contributed by atoms with Gasteiger partial charge >= 0.3 is 5.97 Å². The molecule has 5 nitrogen and oxygen atoms in total. The molecule has 0 aliphatic carbocycles. The zero-order valence-electron chi connectivity index (χ0n) is 11.7. The monoisotopic (exact) mass is 286 g/mol. The van der Waals surface area contributed by atoms with Crippen molar-refractivity contribution in [3.8, 4) is 0 Å². The number of carboxylic acids is 1. The van der Waals surface area contributed by atoms with Crippen molar-refractivity contribution in [3.63, 3.8) is 0 Å². The lowest BCUT2D eigenvalue weighted by Crippen LogP contribution is -2.39. The van der Waals surface area contributed by atoms with E-state index in [9.17, 15) is 9.90 Å². The van der Waals surface area contributed by atoms with Crippen LogP contribution in [0, 0.1) is 0 Å². The van der Waals surface area contributed by atoms with Crippen molar-refractivity contribution >= 4 is 16.9 Å². The summed E-state index contributed by atoms with van der Waals surface area (Å²) in [6.45, 7) is 2.85. The van der Waals surface area contributed by atoms with Crippen molar-refractivity contribution in [2.75, 3.05) is 26.3 Å². The van der Waals surface area contributed by atoms with Gasteiger partial charge < -0.3 is 9.84 Å². The van der Waals surface area contributed by atoms with Crippen molar-refractivity contribution in [3.05, 3.63) is 42.1 Å². The Balaban J connectivity index is 1.94. The first-order valence-corrected chi connectivity index (χ1v) is 7.12. The molecule has 1 unspecified atom stereocenters. The maximum atomic E-state index is 11.2. The minimum absolute atomic E-state index is 0.103. The zero-order chi connectivity index (χ0) is 14.7. The summed E-state index contributed by atoms with van der Waals surface area (Å²) in [6.07, 6.45) is 1.87. The van der Waals surface area contributed by atoms with Gasteiger partial charge in [0.2, 0.25) is 0 Å². The molecule has 0 amide bonds. The number of carbonyl (C=O) groups is 1. The Bertz CT molecular complexity index is 638. The summed E-state index contributed by atoms with van der Waals surface area (Å²) in [5, 5.41) is 10.3. The van der Waals surface area contributed by atoms with Crippen LogP contribution in [0.2, 0.25) is 0 Å². The Kier molecular flexibility index (Phi) is 4.13. The predicted molar refractivity (Wildman–Crippen MR) is 79.1 cm³/mol. The third-order valence-electron chi connectivity index (χ3n) is 3.87. The van der Waals surface area contributed by atoms with Gasteiger partial charge in [0.15, 0.2) is 0 Å². The van der Waals surface area contributed by atoms with Gasteiger partial charge in [-0.25, -0.2) is 0 Å². The van der Waals surface area contributed by atoms with Gasteiger partial charge in [-0.05, 0) is 23.8 Å². The van der Waals surface area contributed by atoms with Crippen LogP contribution in [0.15, 0.2) is 36.5 Å². The highest BCUT2D eigenvalue weighted by molar-refractivity contribution is 5.79. The zero-order valence-corrected chi connectivity index (χ0v) is 11.7. The molecule has 1 aromatic heterocycles. The molecule has 2 heterocycles. The molecule has 1 saturated heterocycles. The molecule has 1 aromatic carbocycles. The molecule has 2 aromatic rings. The summed E-state index contributed by atoms with van der Waals surface area (Å²) in [7, 11) is 0. The fraction of sp³-hybridized carbons (Fsp3) is 0.375. The van der Waals surface area contributed by atoms with E-state index >= 15 is 0 Å². The SMILES string of the molecule is O=C(O)CC(c1ccc2ncccc2c1)N1CCOCC1. The molecular weight excluding hydrogens is 268 g/mol. The molecule has 1 fully saturated rings. The summed E-state index contributed by atoms with van der Waals surface area (Å²) < 4.78 is 5.36. The van der Waals surface area contributed by atoms with E-state index in [0.717, 1.165) is 29.6 Å². The molecule has 0 spiro atoms. The number of hydrogen-bond acceptors (Lipinski definition) is 4. The Labute approximate surface area is 123 Å². The first kappa shape index (κ1) is 14.0. The van der Waals surface area contributed by atoms with Crippen molar-refractivity contribution in [2.45, 2.75) is 12.5 Å². The Morgan fingerprint density at radius 1 is 1.33 bits per heavy atom. The van der Waals surface area contributed by atoms with Gasteiger partial charge in [0.25, 0.3) is 0 Å². The fourth-order valence-corrected chi connectivity index (χ4v) is 2.81. The summed E-state index contributed by atoms with van der Waals surface area (Å²) in [4.78, 5) is 17.7. The van der Waals surface area contributed by atoms with Crippen LogP contribution in [0.3, 0.4) is 0 Å². The maximum absolute atomic E-state index is 11.2. The number of aromatic nitrogens is 1. The molecule has 1 aliphatic rings. The Morgan fingerprint density at radius 2 is 2.14 bits per heavy atom. The van der Waals surface area contributed by atoms with E-state index in [2.05, 4.69) is 9.88 Å². The summed E-state index contributed by atoms with van der Waals surface area (Å²) >= 11 is 0. The van der Waals surface area contributed by atoms with Gasteiger partial charge in [-0.2, -0.15) is 0 Å². The number of ether oxygens (including phenoxy) is 1. The second-order valence-electron chi connectivity index (χ2n) is 5.22. The number of hydrogen-bond donors (Lipinski definition) is 1. The van der Waals surface area contributed by atoms with Crippen LogP contribution < -0.4 is 0 Å². The minimum Gasteiger partial charge on any atom is -0.481 e. The van der Waals surface area contributed by atoms with Crippen LogP contribution >= 0.6 is 0 Å². The molecule has 0 saturated carbocycles. The number of morpholine rings is 1. The summed E-state index contributed by atoms with van der Waals surface area (Å²) in [6, 6.07) is 9.77. The van der Waals surface area contributed by atoms with Gasteiger partial charge in [-0.15, -0.1) is 0 Å². The van der Waals surface area contributed by atoms with E-state index in [1.165, 1.54) is 0 Å². The number of rotatable bonds is 4. The van der Waals surface area contributed by atoms with Gasteiger partial charge in [0, 0.05) is 30.7 Å². The number of benzene rings is 1. The molecule has 110 valence electrons. The van der Waals surface area contributed by atoms with Crippen LogP contribution in [0.5, 0.6) is 0 Å². The number of nitrogens with zero attached hydrogens (tertiary/aromatic N) is 2. The van der Waals surface area contributed by atoms with Crippen LogP contribution in [-0.4, -0.2) is 47.3 Å².